The lowest BCUT2D eigenvalue weighted by Crippen LogP contribution is -2.39. The molecule has 2 rings (SSSR count). The van der Waals surface area contributed by atoms with E-state index in [1.165, 1.54) is 24.1 Å². The maximum atomic E-state index is 6.16. The van der Waals surface area contributed by atoms with Crippen LogP contribution in [0.1, 0.15) is 45.6 Å². The number of hydrogen-bond acceptors (Lipinski definition) is 2. The summed E-state index contributed by atoms with van der Waals surface area (Å²) in [5, 5.41) is 4.31. The molecule has 0 amide bonds. The van der Waals surface area contributed by atoms with Gasteiger partial charge < -0.3 is 10.2 Å². The molecule has 106 valence electrons. The van der Waals surface area contributed by atoms with Gasteiger partial charge in [-0.2, -0.15) is 0 Å². The monoisotopic (exact) mass is 280 g/mol. The van der Waals surface area contributed by atoms with Gasteiger partial charge in [-0.05, 0) is 63.4 Å². The van der Waals surface area contributed by atoms with Crippen LogP contribution in [0.2, 0.25) is 5.02 Å². The fraction of sp³-hybridized carbons (Fsp3) is 0.625. The van der Waals surface area contributed by atoms with E-state index in [0.29, 0.717) is 0 Å². The van der Waals surface area contributed by atoms with Crippen LogP contribution in [0.15, 0.2) is 18.2 Å². The van der Waals surface area contributed by atoms with Crippen LogP contribution in [0.25, 0.3) is 0 Å². The second-order valence-corrected chi connectivity index (χ2v) is 6.45. The molecule has 1 aliphatic rings. The number of nitrogens with zero attached hydrogens (tertiary/aromatic N) is 1. The van der Waals surface area contributed by atoms with Gasteiger partial charge in [-0.25, -0.2) is 0 Å². The first-order valence-corrected chi connectivity index (χ1v) is 7.69. The van der Waals surface area contributed by atoms with Gasteiger partial charge in [-0.3, -0.25) is 0 Å². The Balaban J connectivity index is 2.23. The molecule has 1 aromatic carbocycles. The van der Waals surface area contributed by atoms with Gasteiger partial charge in [0.2, 0.25) is 0 Å². The van der Waals surface area contributed by atoms with E-state index in [1.54, 1.807) is 0 Å². The molecule has 0 aromatic heterocycles. The third-order valence-corrected chi connectivity index (χ3v) is 4.21. The highest BCUT2D eigenvalue weighted by Crippen LogP contribution is 2.36. The minimum Gasteiger partial charge on any atom is -0.366 e. The summed E-state index contributed by atoms with van der Waals surface area (Å²) < 4.78 is 0. The van der Waals surface area contributed by atoms with Crippen molar-refractivity contribution in [3.05, 3.63) is 28.8 Å². The lowest BCUT2D eigenvalue weighted by molar-refractivity contribution is 0.516. The second-order valence-electron chi connectivity index (χ2n) is 6.02. The van der Waals surface area contributed by atoms with E-state index in [-0.39, 0.29) is 5.54 Å². The van der Waals surface area contributed by atoms with Crippen molar-refractivity contribution >= 4 is 17.3 Å². The van der Waals surface area contributed by atoms with Gasteiger partial charge in [-0.1, -0.05) is 18.5 Å². The van der Waals surface area contributed by atoms with Crippen LogP contribution in [0.4, 0.5) is 5.69 Å². The normalized spacial score (nSPS) is 18.0. The molecule has 1 aromatic rings. The number of hydrogen-bond donors (Lipinski definition) is 1. The molecule has 0 aliphatic carbocycles. The molecule has 1 aliphatic heterocycles. The smallest absolute Gasteiger partial charge is 0.0417 e. The molecule has 0 saturated carbocycles. The van der Waals surface area contributed by atoms with Crippen LogP contribution in [0.3, 0.4) is 0 Å². The van der Waals surface area contributed by atoms with Crippen LogP contribution < -0.4 is 10.2 Å². The molecule has 0 spiro atoms. The highest BCUT2D eigenvalue weighted by Gasteiger charge is 2.32. The summed E-state index contributed by atoms with van der Waals surface area (Å²) in [4.78, 5) is 2.53. The number of nitrogens with one attached hydrogen (secondary N) is 1. The molecule has 19 heavy (non-hydrogen) atoms. The molecule has 0 bridgehead atoms. The summed E-state index contributed by atoms with van der Waals surface area (Å²) in [6, 6.07) is 6.29. The quantitative estimate of drug-likeness (QED) is 0.813. The molecule has 0 radical (unpaired) electrons. The lowest BCUT2D eigenvalue weighted by Gasteiger charge is -2.35. The number of rotatable bonds is 5. The van der Waals surface area contributed by atoms with Gasteiger partial charge in [0.1, 0.15) is 0 Å². The Morgan fingerprint density at radius 3 is 2.79 bits per heavy atom. The van der Waals surface area contributed by atoms with Gasteiger partial charge in [0.15, 0.2) is 0 Å². The molecule has 3 heteroatoms. The maximum absolute atomic E-state index is 6.16. The van der Waals surface area contributed by atoms with E-state index >= 15 is 0 Å². The fourth-order valence-electron chi connectivity index (χ4n) is 2.91. The summed E-state index contributed by atoms with van der Waals surface area (Å²) in [5.74, 6) is 0. The highest BCUT2D eigenvalue weighted by atomic mass is 35.5. The predicted molar refractivity (Wildman–Crippen MR) is 84.1 cm³/mol. The summed E-state index contributed by atoms with van der Waals surface area (Å²) in [6.07, 6.45) is 3.69. The number of anilines is 1. The van der Waals surface area contributed by atoms with E-state index in [9.17, 15) is 0 Å². The summed E-state index contributed by atoms with van der Waals surface area (Å²) in [6.45, 7) is 9.95. The molecular formula is C16H25ClN2. The molecule has 0 atom stereocenters. The Morgan fingerprint density at radius 1 is 1.37 bits per heavy atom. The van der Waals surface area contributed by atoms with E-state index < -0.39 is 0 Å². The van der Waals surface area contributed by atoms with Gasteiger partial charge >= 0.3 is 0 Å². The van der Waals surface area contributed by atoms with Crippen molar-refractivity contribution in [2.75, 3.05) is 18.0 Å². The Bertz CT molecular complexity index is 429. The molecule has 1 fully saturated rings. The minimum atomic E-state index is 0.257. The van der Waals surface area contributed by atoms with Crippen LogP contribution in [0, 0.1) is 0 Å². The van der Waals surface area contributed by atoms with Crippen LogP contribution in [0.5, 0.6) is 0 Å². The third-order valence-electron chi connectivity index (χ3n) is 3.98. The van der Waals surface area contributed by atoms with Gasteiger partial charge in [0.25, 0.3) is 0 Å². The Morgan fingerprint density at radius 2 is 2.16 bits per heavy atom. The first-order chi connectivity index (χ1) is 9.04. The Labute approximate surface area is 122 Å². The zero-order valence-corrected chi connectivity index (χ0v) is 13.1. The fourth-order valence-corrected chi connectivity index (χ4v) is 3.11. The van der Waals surface area contributed by atoms with Crippen molar-refractivity contribution in [2.45, 2.75) is 52.1 Å². The van der Waals surface area contributed by atoms with Crippen LogP contribution in [-0.2, 0) is 6.54 Å². The van der Waals surface area contributed by atoms with Crippen molar-refractivity contribution in [2.24, 2.45) is 0 Å². The topological polar surface area (TPSA) is 15.3 Å². The van der Waals surface area contributed by atoms with Crippen LogP contribution >= 0.6 is 11.6 Å². The molecule has 2 nitrogen and oxygen atoms in total. The largest absolute Gasteiger partial charge is 0.366 e. The summed E-state index contributed by atoms with van der Waals surface area (Å²) in [7, 11) is 0. The minimum absolute atomic E-state index is 0.257. The van der Waals surface area contributed by atoms with Crippen molar-refractivity contribution in [3.63, 3.8) is 0 Å². The number of benzene rings is 1. The van der Waals surface area contributed by atoms with Crippen molar-refractivity contribution in [3.8, 4) is 0 Å². The number of halogens is 1. The molecule has 1 N–H and O–H groups in total. The SMILES string of the molecule is CCCNCc1cc(Cl)ccc1N1CCCC1(C)C. The van der Waals surface area contributed by atoms with E-state index in [4.69, 9.17) is 11.6 Å². The standard InChI is InChI=1S/C16H25ClN2/c1-4-9-18-12-13-11-14(17)6-7-15(13)19-10-5-8-16(19,2)3/h6-7,11,18H,4-5,8-10,12H2,1-3H3. The molecule has 1 saturated heterocycles. The maximum Gasteiger partial charge on any atom is 0.0417 e. The van der Waals surface area contributed by atoms with Crippen molar-refractivity contribution < 1.29 is 0 Å². The van der Waals surface area contributed by atoms with Crippen LogP contribution in [-0.4, -0.2) is 18.6 Å². The zero-order valence-electron chi connectivity index (χ0n) is 12.3. The van der Waals surface area contributed by atoms with Gasteiger partial charge in [0, 0.05) is 29.3 Å². The van der Waals surface area contributed by atoms with Crippen molar-refractivity contribution in [1.82, 2.24) is 5.32 Å². The molecular weight excluding hydrogens is 256 g/mol. The zero-order chi connectivity index (χ0) is 13.9. The Kier molecular flexibility index (Phi) is 4.75. The third kappa shape index (κ3) is 3.43. The van der Waals surface area contributed by atoms with Crippen molar-refractivity contribution in [1.29, 1.82) is 0 Å². The van der Waals surface area contributed by atoms with Gasteiger partial charge in [-0.15, -0.1) is 0 Å². The lowest BCUT2D eigenvalue weighted by atomic mass is 10.0. The van der Waals surface area contributed by atoms with E-state index in [1.807, 2.05) is 6.07 Å². The Hall–Kier alpha value is -0.730. The second kappa shape index (κ2) is 6.15. The van der Waals surface area contributed by atoms with E-state index in [2.05, 4.69) is 43.1 Å². The molecule has 0 unspecified atom stereocenters. The average molecular weight is 281 g/mol. The van der Waals surface area contributed by atoms with Gasteiger partial charge in [0.05, 0.1) is 0 Å². The average Bonchev–Trinajstić information content (AvgIpc) is 2.70. The first kappa shape index (κ1) is 14.7. The summed E-state index contributed by atoms with van der Waals surface area (Å²) >= 11 is 6.16. The summed E-state index contributed by atoms with van der Waals surface area (Å²) in [5.41, 5.74) is 2.92. The van der Waals surface area contributed by atoms with E-state index in [0.717, 1.165) is 31.1 Å². The highest BCUT2D eigenvalue weighted by molar-refractivity contribution is 6.30. The molecule has 1 heterocycles. The predicted octanol–water partition coefficient (Wildman–Crippen LogP) is 4.22. The first-order valence-electron chi connectivity index (χ1n) is 7.31.